The third-order valence-electron chi connectivity index (χ3n) is 2.47. The molecule has 0 saturated carbocycles. The molecule has 2 N–H and O–H groups in total. The SMILES string of the molecule is CC(=O)Oc1ccc(Br)cc1C=C1C(=O)NC(=S)NC1=O. The molecule has 1 aliphatic heterocycles. The van der Waals surface area contributed by atoms with Crippen molar-refractivity contribution in [1.82, 2.24) is 10.6 Å². The number of amides is 2. The molecule has 2 rings (SSSR count). The van der Waals surface area contributed by atoms with E-state index >= 15 is 0 Å². The maximum atomic E-state index is 11.8. The van der Waals surface area contributed by atoms with Gasteiger partial charge in [-0.2, -0.15) is 0 Å². The smallest absolute Gasteiger partial charge is 0.308 e. The van der Waals surface area contributed by atoms with Gasteiger partial charge in [0, 0.05) is 17.0 Å². The number of hydrogen-bond acceptors (Lipinski definition) is 5. The molecular formula is C13H9BrN2O4S. The second-order valence-corrected chi connectivity index (χ2v) is 5.40. The van der Waals surface area contributed by atoms with E-state index in [1.807, 2.05) is 0 Å². The van der Waals surface area contributed by atoms with Crippen LogP contribution in [0.4, 0.5) is 0 Å². The van der Waals surface area contributed by atoms with Gasteiger partial charge in [0.25, 0.3) is 11.8 Å². The number of hydrogen-bond donors (Lipinski definition) is 2. The maximum absolute atomic E-state index is 11.8. The summed E-state index contributed by atoms with van der Waals surface area (Å²) in [6.45, 7) is 1.26. The summed E-state index contributed by atoms with van der Waals surface area (Å²) >= 11 is 7.99. The van der Waals surface area contributed by atoms with Gasteiger partial charge < -0.3 is 4.74 Å². The molecule has 0 unspecified atom stereocenters. The molecule has 21 heavy (non-hydrogen) atoms. The van der Waals surface area contributed by atoms with Crippen molar-refractivity contribution in [2.45, 2.75) is 6.92 Å². The molecule has 1 fully saturated rings. The Bertz CT molecular complexity index is 677. The quantitative estimate of drug-likeness (QED) is 0.270. The fourth-order valence-electron chi connectivity index (χ4n) is 1.64. The van der Waals surface area contributed by atoms with Gasteiger partial charge in [-0.3, -0.25) is 25.0 Å². The molecule has 0 radical (unpaired) electrons. The fraction of sp³-hybridized carbons (Fsp3) is 0.0769. The third-order valence-corrected chi connectivity index (χ3v) is 3.17. The molecule has 1 aliphatic rings. The van der Waals surface area contributed by atoms with E-state index in [4.69, 9.17) is 17.0 Å². The molecule has 8 heteroatoms. The topological polar surface area (TPSA) is 84.5 Å². The highest BCUT2D eigenvalue weighted by Gasteiger charge is 2.26. The average Bonchev–Trinajstić information content (AvgIpc) is 2.36. The van der Waals surface area contributed by atoms with Crippen molar-refractivity contribution in [3.63, 3.8) is 0 Å². The summed E-state index contributed by atoms with van der Waals surface area (Å²) < 4.78 is 5.75. The van der Waals surface area contributed by atoms with Gasteiger partial charge in [0.2, 0.25) is 0 Å². The Morgan fingerprint density at radius 2 is 1.90 bits per heavy atom. The van der Waals surface area contributed by atoms with Crippen LogP contribution in [0.3, 0.4) is 0 Å². The van der Waals surface area contributed by atoms with Crippen molar-refractivity contribution in [2.24, 2.45) is 0 Å². The second-order valence-electron chi connectivity index (χ2n) is 4.07. The molecule has 1 heterocycles. The Kier molecular flexibility index (Phi) is 4.49. The summed E-state index contributed by atoms with van der Waals surface area (Å²) in [6.07, 6.45) is 1.33. The van der Waals surface area contributed by atoms with Crippen molar-refractivity contribution in [3.05, 3.63) is 33.8 Å². The lowest BCUT2D eigenvalue weighted by Gasteiger charge is -2.16. The van der Waals surface area contributed by atoms with Crippen LogP contribution < -0.4 is 15.4 Å². The number of ether oxygens (including phenoxy) is 1. The number of thiocarbonyl (C=S) groups is 1. The molecule has 0 bridgehead atoms. The van der Waals surface area contributed by atoms with E-state index in [0.717, 1.165) is 0 Å². The van der Waals surface area contributed by atoms with Crippen molar-refractivity contribution in [1.29, 1.82) is 0 Å². The van der Waals surface area contributed by atoms with Gasteiger partial charge >= 0.3 is 5.97 Å². The van der Waals surface area contributed by atoms with Crippen LogP contribution in [-0.4, -0.2) is 22.9 Å². The first-order valence-corrected chi connectivity index (χ1v) is 6.93. The van der Waals surface area contributed by atoms with Crippen molar-refractivity contribution in [3.8, 4) is 5.75 Å². The van der Waals surface area contributed by atoms with E-state index in [2.05, 4.69) is 26.6 Å². The first kappa shape index (κ1) is 15.3. The summed E-state index contributed by atoms with van der Waals surface area (Å²) in [6, 6.07) is 4.86. The number of nitrogens with one attached hydrogen (secondary N) is 2. The minimum atomic E-state index is -0.613. The molecule has 0 atom stereocenters. The lowest BCUT2D eigenvalue weighted by molar-refractivity contribution is -0.132. The minimum absolute atomic E-state index is 0.0448. The first-order chi connectivity index (χ1) is 9.86. The van der Waals surface area contributed by atoms with Crippen LogP contribution in [-0.2, 0) is 14.4 Å². The monoisotopic (exact) mass is 368 g/mol. The van der Waals surface area contributed by atoms with E-state index in [9.17, 15) is 14.4 Å². The van der Waals surface area contributed by atoms with Crippen molar-refractivity contribution < 1.29 is 19.1 Å². The van der Waals surface area contributed by atoms with E-state index in [-0.39, 0.29) is 16.4 Å². The molecule has 0 aliphatic carbocycles. The minimum Gasteiger partial charge on any atom is -0.426 e. The number of rotatable bonds is 2. The molecular weight excluding hydrogens is 360 g/mol. The highest BCUT2D eigenvalue weighted by atomic mass is 79.9. The highest BCUT2D eigenvalue weighted by molar-refractivity contribution is 9.10. The Labute approximate surface area is 133 Å². The van der Waals surface area contributed by atoms with Gasteiger partial charge in [0.15, 0.2) is 5.11 Å². The standard InChI is InChI=1S/C13H9BrN2O4S/c1-6(17)20-10-3-2-8(14)4-7(10)5-9-11(18)15-13(21)16-12(9)19/h2-5H,1H3,(H2,15,16,18,19,21). The van der Waals surface area contributed by atoms with E-state index in [1.165, 1.54) is 13.0 Å². The zero-order chi connectivity index (χ0) is 15.6. The van der Waals surface area contributed by atoms with Crippen LogP contribution in [0, 0.1) is 0 Å². The Balaban J connectivity index is 2.45. The number of halogens is 1. The normalized spacial score (nSPS) is 14.4. The van der Waals surface area contributed by atoms with Gasteiger partial charge in [0.05, 0.1) is 0 Å². The van der Waals surface area contributed by atoms with Crippen LogP contribution in [0.1, 0.15) is 12.5 Å². The molecule has 0 spiro atoms. The van der Waals surface area contributed by atoms with Crippen LogP contribution in [0.25, 0.3) is 6.08 Å². The molecule has 1 aromatic rings. The molecule has 108 valence electrons. The molecule has 2 amide bonds. The van der Waals surface area contributed by atoms with E-state index in [1.54, 1.807) is 18.2 Å². The number of esters is 1. The summed E-state index contributed by atoms with van der Waals surface area (Å²) in [5, 5.41) is 4.61. The van der Waals surface area contributed by atoms with Gasteiger partial charge in [0.1, 0.15) is 11.3 Å². The van der Waals surface area contributed by atoms with Crippen LogP contribution in [0.2, 0.25) is 0 Å². The van der Waals surface area contributed by atoms with Crippen molar-refractivity contribution in [2.75, 3.05) is 0 Å². The predicted octanol–water partition coefficient (Wildman–Crippen LogP) is 1.29. The van der Waals surface area contributed by atoms with Gasteiger partial charge in [-0.05, 0) is 36.5 Å². The van der Waals surface area contributed by atoms with Crippen LogP contribution >= 0.6 is 28.1 Å². The Morgan fingerprint density at radius 1 is 1.29 bits per heavy atom. The average molecular weight is 369 g/mol. The zero-order valence-electron chi connectivity index (χ0n) is 10.7. The Morgan fingerprint density at radius 3 is 2.48 bits per heavy atom. The van der Waals surface area contributed by atoms with Crippen LogP contribution in [0.15, 0.2) is 28.2 Å². The number of carbonyl (C=O) groups excluding carboxylic acids is 3. The molecule has 1 saturated heterocycles. The summed E-state index contributed by atoms with van der Waals surface area (Å²) in [5.41, 5.74) is 0.280. The fourth-order valence-corrected chi connectivity index (χ4v) is 2.21. The Hall–Kier alpha value is -2.06. The number of carbonyl (C=O) groups is 3. The summed E-state index contributed by atoms with van der Waals surface area (Å²) in [7, 11) is 0. The lowest BCUT2D eigenvalue weighted by Crippen LogP contribution is -2.51. The first-order valence-electron chi connectivity index (χ1n) is 5.73. The van der Waals surface area contributed by atoms with Gasteiger partial charge in [-0.1, -0.05) is 15.9 Å². The predicted molar refractivity (Wildman–Crippen MR) is 82.3 cm³/mol. The van der Waals surface area contributed by atoms with Crippen molar-refractivity contribution >= 4 is 57.1 Å². The third kappa shape index (κ3) is 3.73. The lowest BCUT2D eigenvalue weighted by atomic mass is 10.1. The second kappa shape index (κ2) is 6.15. The van der Waals surface area contributed by atoms with Crippen LogP contribution in [0.5, 0.6) is 5.75 Å². The van der Waals surface area contributed by atoms with Gasteiger partial charge in [-0.25, -0.2) is 0 Å². The van der Waals surface area contributed by atoms with Gasteiger partial charge in [-0.15, -0.1) is 0 Å². The molecule has 1 aromatic carbocycles. The zero-order valence-corrected chi connectivity index (χ0v) is 13.1. The summed E-state index contributed by atoms with van der Waals surface area (Å²) in [4.78, 5) is 34.7. The maximum Gasteiger partial charge on any atom is 0.308 e. The van der Waals surface area contributed by atoms with E-state index < -0.39 is 17.8 Å². The largest absolute Gasteiger partial charge is 0.426 e. The summed E-state index contributed by atoms with van der Waals surface area (Å²) in [5.74, 6) is -1.49. The molecule has 6 nitrogen and oxygen atoms in total. The van der Waals surface area contributed by atoms with E-state index in [0.29, 0.717) is 10.0 Å². The molecule has 0 aromatic heterocycles. The highest BCUT2D eigenvalue weighted by Crippen LogP contribution is 2.26. The number of benzene rings is 1.